The Kier molecular flexibility index (Phi) is 6.20. The van der Waals surface area contributed by atoms with Crippen LogP contribution in [0.2, 0.25) is 0 Å². The lowest BCUT2D eigenvalue weighted by atomic mass is 10.3. The zero-order valence-corrected chi connectivity index (χ0v) is 13.2. The number of hydrogen-bond donors (Lipinski definition) is 2. The highest BCUT2D eigenvalue weighted by atomic mass is 32.2. The van der Waals surface area contributed by atoms with Gasteiger partial charge in [-0.1, -0.05) is 0 Å². The zero-order valence-electron chi connectivity index (χ0n) is 12.4. The molecule has 1 aromatic carbocycles. The average molecular weight is 309 g/mol. The summed E-state index contributed by atoms with van der Waals surface area (Å²) < 4.78 is 5.47. The minimum absolute atomic E-state index is 0.171. The third-order valence-corrected chi connectivity index (χ3v) is 4.40. The lowest BCUT2D eigenvalue weighted by molar-refractivity contribution is -0.128. The van der Waals surface area contributed by atoms with E-state index in [1.807, 2.05) is 30.0 Å². The summed E-state index contributed by atoms with van der Waals surface area (Å²) in [6.07, 6.45) is 1.01. The summed E-state index contributed by atoms with van der Waals surface area (Å²) in [6.45, 7) is 6.04. The van der Waals surface area contributed by atoms with E-state index in [2.05, 4.69) is 5.32 Å². The lowest BCUT2D eigenvalue weighted by Gasteiger charge is -2.19. The Labute approximate surface area is 130 Å². The van der Waals surface area contributed by atoms with Crippen molar-refractivity contribution in [2.75, 3.05) is 44.3 Å². The maximum atomic E-state index is 12.3. The molecule has 1 aromatic rings. The van der Waals surface area contributed by atoms with Crippen molar-refractivity contribution < 1.29 is 9.53 Å². The first-order valence-electron chi connectivity index (χ1n) is 7.34. The first-order chi connectivity index (χ1) is 10.2. The Morgan fingerprint density at radius 1 is 1.43 bits per heavy atom. The molecule has 0 saturated carbocycles. The lowest BCUT2D eigenvalue weighted by Crippen LogP contribution is -2.35. The number of rotatable bonds is 5. The molecule has 1 fully saturated rings. The van der Waals surface area contributed by atoms with Crippen LogP contribution in [0.4, 0.5) is 5.69 Å². The molecule has 1 amide bonds. The second-order valence-corrected chi connectivity index (χ2v) is 5.92. The molecule has 6 heteroatoms. The number of nitrogens with two attached hydrogens (primary N) is 1. The Hall–Kier alpha value is -1.40. The molecule has 3 N–H and O–H groups in total. The molecule has 0 aromatic heterocycles. The molecule has 0 aliphatic carbocycles. The van der Waals surface area contributed by atoms with Crippen molar-refractivity contribution in [2.24, 2.45) is 0 Å². The Morgan fingerprint density at radius 2 is 2.29 bits per heavy atom. The standard InChI is InChI=1S/C15H23N3O2S/c1-2-20-12-4-5-13(16)14(10-12)21-11-15(19)18-8-3-6-17-7-9-18/h4-5,10,17H,2-3,6-9,11,16H2,1H3. The van der Waals surface area contributed by atoms with Crippen LogP contribution in [0.15, 0.2) is 23.1 Å². The molecule has 0 unspecified atom stereocenters. The van der Waals surface area contributed by atoms with E-state index in [0.717, 1.165) is 43.2 Å². The van der Waals surface area contributed by atoms with Crippen molar-refractivity contribution >= 4 is 23.4 Å². The van der Waals surface area contributed by atoms with Crippen molar-refractivity contribution in [3.63, 3.8) is 0 Å². The van der Waals surface area contributed by atoms with Crippen LogP contribution in [0.25, 0.3) is 0 Å². The number of benzene rings is 1. The van der Waals surface area contributed by atoms with Crippen LogP contribution < -0.4 is 15.8 Å². The first kappa shape index (κ1) is 16.0. The van der Waals surface area contributed by atoms with Gasteiger partial charge in [-0.25, -0.2) is 0 Å². The molecule has 5 nitrogen and oxygen atoms in total. The van der Waals surface area contributed by atoms with Gasteiger partial charge < -0.3 is 20.7 Å². The summed E-state index contributed by atoms with van der Waals surface area (Å²) >= 11 is 1.48. The van der Waals surface area contributed by atoms with Gasteiger partial charge in [0.1, 0.15) is 5.75 Å². The van der Waals surface area contributed by atoms with E-state index in [4.69, 9.17) is 10.5 Å². The Balaban J connectivity index is 1.92. The normalized spacial score (nSPS) is 15.6. The number of anilines is 1. The molecular weight excluding hydrogens is 286 g/mol. The number of nitrogens with zero attached hydrogens (tertiary/aromatic N) is 1. The maximum absolute atomic E-state index is 12.3. The van der Waals surface area contributed by atoms with E-state index in [0.29, 0.717) is 18.0 Å². The van der Waals surface area contributed by atoms with Gasteiger partial charge in [-0.05, 0) is 38.1 Å². The Bertz CT molecular complexity index is 474. The predicted molar refractivity (Wildman–Crippen MR) is 86.8 cm³/mol. The first-order valence-corrected chi connectivity index (χ1v) is 8.33. The van der Waals surface area contributed by atoms with Gasteiger partial charge in [0.2, 0.25) is 5.91 Å². The van der Waals surface area contributed by atoms with Gasteiger partial charge in [0.25, 0.3) is 0 Å². The number of nitrogen functional groups attached to an aromatic ring is 1. The van der Waals surface area contributed by atoms with Gasteiger partial charge in [-0.2, -0.15) is 0 Å². The molecule has 116 valence electrons. The maximum Gasteiger partial charge on any atom is 0.232 e. The highest BCUT2D eigenvalue weighted by Crippen LogP contribution is 2.29. The summed E-state index contributed by atoms with van der Waals surface area (Å²) in [4.78, 5) is 15.1. The van der Waals surface area contributed by atoms with Crippen LogP contribution in [-0.2, 0) is 4.79 Å². The van der Waals surface area contributed by atoms with E-state index in [1.54, 1.807) is 0 Å². The molecule has 1 aliphatic heterocycles. The summed E-state index contributed by atoms with van der Waals surface area (Å²) in [5, 5.41) is 3.30. The smallest absolute Gasteiger partial charge is 0.232 e. The van der Waals surface area contributed by atoms with Crippen molar-refractivity contribution in [1.82, 2.24) is 10.2 Å². The second-order valence-electron chi connectivity index (χ2n) is 4.91. The molecular formula is C15H23N3O2S. The fourth-order valence-electron chi connectivity index (χ4n) is 2.22. The highest BCUT2D eigenvalue weighted by Gasteiger charge is 2.16. The molecule has 0 spiro atoms. The van der Waals surface area contributed by atoms with Crippen molar-refractivity contribution in [2.45, 2.75) is 18.2 Å². The van der Waals surface area contributed by atoms with Crippen LogP contribution in [0.3, 0.4) is 0 Å². The van der Waals surface area contributed by atoms with E-state index >= 15 is 0 Å². The van der Waals surface area contributed by atoms with Crippen LogP contribution in [-0.4, -0.2) is 49.3 Å². The van der Waals surface area contributed by atoms with Crippen LogP contribution >= 0.6 is 11.8 Å². The third-order valence-electron chi connectivity index (χ3n) is 3.34. The van der Waals surface area contributed by atoms with Crippen molar-refractivity contribution in [3.05, 3.63) is 18.2 Å². The number of thioether (sulfide) groups is 1. The number of hydrogen-bond acceptors (Lipinski definition) is 5. The molecule has 1 heterocycles. The summed E-state index contributed by atoms with van der Waals surface area (Å²) in [5.74, 6) is 1.38. The number of carbonyl (C=O) groups is 1. The largest absolute Gasteiger partial charge is 0.494 e. The molecule has 0 atom stereocenters. The topological polar surface area (TPSA) is 67.6 Å². The van der Waals surface area contributed by atoms with Gasteiger partial charge >= 0.3 is 0 Å². The second kappa shape index (κ2) is 8.14. The molecule has 0 radical (unpaired) electrons. The summed E-state index contributed by atoms with van der Waals surface area (Å²) in [6, 6.07) is 5.58. The van der Waals surface area contributed by atoms with Crippen molar-refractivity contribution in [1.29, 1.82) is 0 Å². The molecule has 21 heavy (non-hydrogen) atoms. The SMILES string of the molecule is CCOc1ccc(N)c(SCC(=O)N2CCCNCC2)c1. The number of nitrogens with one attached hydrogen (secondary N) is 1. The summed E-state index contributed by atoms with van der Waals surface area (Å²) in [7, 11) is 0. The molecule has 0 bridgehead atoms. The minimum Gasteiger partial charge on any atom is -0.494 e. The van der Waals surface area contributed by atoms with Crippen LogP contribution in [0, 0.1) is 0 Å². The molecule has 1 aliphatic rings. The average Bonchev–Trinajstić information content (AvgIpc) is 2.77. The van der Waals surface area contributed by atoms with Gasteiger partial charge in [0, 0.05) is 30.2 Å². The van der Waals surface area contributed by atoms with Gasteiger partial charge in [-0.3, -0.25) is 4.79 Å². The van der Waals surface area contributed by atoms with Crippen LogP contribution in [0.5, 0.6) is 5.75 Å². The molecule has 2 rings (SSSR count). The van der Waals surface area contributed by atoms with E-state index in [9.17, 15) is 4.79 Å². The number of ether oxygens (including phenoxy) is 1. The fourth-order valence-corrected chi connectivity index (χ4v) is 3.12. The zero-order chi connectivity index (χ0) is 15.1. The monoisotopic (exact) mass is 309 g/mol. The van der Waals surface area contributed by atoms with Gasteiger partial charge in [0.15, 0.2) is 0 Å². The minimum atomic E-state index is 0.171. The third kappa shape index (κ3) is 4.82. The quantitative estimate of drug-likeness (QED) is 0.638. The highest BCUT2D eigenvalue weighted by molar-refractivity contribution is 8.00. The van der Waals surface area contributed by atoms with E-state index in [1.165, 1.54) is 11.8 Å². The van der Waals surface area contributed by atoms with Crippen LogP contribution in [0.1, 0.15) is 13.3 Å². The molecule has 1 saturated heterocycles. The number of carbonyl (C=O) groups excluding carboxylic acids is 1. The number of amides is 1. The van der Waals surface area contributed by atoms with E-state index < -0.39 is 0 Å². The van der Waals surface area contributed by atoms with E-state index in [-0.39, 0.29) is 5.91 Å². The summed E-state index contributed by atoms with van der Waals surface area (Å²) in [5.41, 5.74) is 6.65. The Morgan fingerprint density at radius 3 is 3.10 bits per heavy atom. The van der Waals surface area contributed by atoms with Gasteiger partial charge in [-0.15, -0.1) is 11.8 Å². The van der Waals surface area contributed by atoms with Gasteiger partial charge in [0.05, 0.1) is 12.4 Å². The van der Waals surface area contributed by atoms with Crippen molar-refractivity contribution in [3.8, 4) is 5.75 Å². The fraction of sp³-hybridized carbons (Fsp3) is 0.533. The predicted octanol–water partition coefficient (Wildman–Crippen LogP) is 1.58.